The summed E-state index contributed by atoms with van der Waals surface area (Å²) in [5.74, 6) is -0.274. The minimum absolute atomic E-state index is 0.274. The van der Waals surface area contributed by atoms with Gasteiger partial charge in [0, 0.05) is 0 Å². The van der Waals surface area contributed by atoms with Crippen molar-refractivity contribution in [2.24, 2.45) is 0 Å². The molecule has 2 aromatic heterocycles. The van der Waals surface area contributed by atoms with Crippen molar-refractivity contribution in [2.45, 2.75) is 13.8 Å². The van der Waals surface area contributed by atoms with Crippen molar-refractivity contribution in [2.75, 3.05) is 12.3 Å². The summed E-state index contributed by atoms with van der Waals surface area (Å²) in [5.41, 5.74) is 6.51. The lowest BCUT2D eigenvalue weighted by molar-refractivity contribution is 0.0531. The maximum Gasteiger partial charge on any atom is 0.348 e. The predicted octanol–water partition coefficient (Wildman–Crippen LogP) is 2.43. The minimum Gasteiger partial charge on any atom is -0.462 e. The maximum atomic E-state index is 11.6. The number of esters is 1. The van der Waals surface area contributed by atoms with Crippen molar-refractivity contribution in [3.05, 3.63) is 10.4 Å². The molecule has 0 unspecified atom stereocenters. The number of thiophene rings is 1. The number of hydrogen-bond donors (Lipinski definition) is 1. The Morgan fingerprint density at radius 3 is 2.87 bits per heavy atom. The number of aryl methyl sites for hydroxylation is 1. The van der Waals surface area contributed by atoms with E-state index >= 15 is 0 Å². The molecule has 2 aromatic rings. The van der Waals surface area contributed by atoms with Crippen LogP contribution in [0.15, 0.2) is 0 Å². The molecule has 0 aliphatic rings. The molecule has 0 bridgehead atoms. The van der Waals surface area contributed by atoms with Crippen LogP contribution >= 0.6 is 22.7 Å². The van der Waals surface area contributed by atoms with E-state index in [-0.39, 0.29) is 5.97 Å². The highest BCUT2D eigenvalue weighted by atomic mass is 32.1. The molecule has 6 heteroatoms. The summed E-state index contributed by atoms with van der Waals surface area (Å²) < 4.78 is 5.94. The van der Waals surface area contributed by atoms with Crippen LogP contribution < -0.4 is 5.73 Å². The van der Waals surface area contributed by atoms with Crippen molar-refractivity contribution >= 4 is 43.3 Å². The summed E-state index contributed by atoms with van der Waals surface area (Å²) in [5, 5.41) is 0.537. The average Bonchev–Trinajstić information content (AvgIpc) is 2.66. The van der Waals surface area contributed by atoms with Crippen LogP contribution in [0.3, 0.4) is 0 Å². The van der Waals surface area contributed by atoms with E-state index < -0.39 is 0 Å². The van der Waals surface area contributed by atoms with E-state index in [0.29, 0.717) is 16.6 Å². The van der Waals surface area contributed by atoms with Gasteiger partial charge in [-0.1, -0.05) is 11.3 Å². The molecule has 0 aliphatic heterocycles. The van der Waals surface area contributed by atoms with Gasteiger partial charge in [0.15, 0.2) is 5.13 Å². The molecule has 0 fully saturated rings. The minimum atomic E-state index is -0.274. The summed E-state index contributed by atoms with van der Waals surface area (Å²) in [6.07, 6.45) is 0. The number of rotatable bonds is 2. The Morgan fingerprint density at radius 1 is 1.53 bits per heavy atom. The number of fused-ring (bicyclic) bond motifs is 1. The van der Waals surface area contributed by atoms with Gasteiger partial charge in [-0.05, 0) is 19.4 Å². The van der Waals surface area contributed by atoms with Crippen molar-refractivity contribution < 1.29 is 9.53 Å². The van der Waals surface area contributed by atoms with Crippen molar-refractivity contribution in [3.63, 3.8) is 0 Å². The molecule has 4 nitrogen and oxygen atoms in total. The van der Waals surface area contributed by atoms with Crippen LogP contribution in [0.1, 0.15) is 22.2 Å². The zero-order valence-electron chi connectivity index (χ0n) is 8.36. The van der Waals surface area contributed by atoms with E-state index in [1.807, 2.05) is 6.92 Å². The Hall–Kier alpha value is -1.14. The topological polar surface area (TPSA) is 65.2 Å². The molecule has 0 aliphatic carbocycles. The van der Waals surface area contributed by atoms with Gasteiger partial charge < -0.3 is 10.5 Å². The molecule has 0 spiro atoms. The largest absolute Gasteiger partial charge is 0.462 e. The fourth-order valence-corrected chi connectivity index (χ4v) is 3.38. The van der Waals surface area contributed by atoms with Gasteiger partial charge in [0.2, 0.25) is 0 Å². The molecular formula is C9H10N2O2S2. The number of nitrogens with zero attached hydrogens (tertiary/aromatic N) is 1. The Balaban J connectivity index is 2.49. The first-order valence-electron chi connectivity index (χ1n) is 4.46. The zero-order chi connectivity index (χ0) is 11.0. The van der Waals surface area contributed by atoms with Gasteiger partial charge in [-0.15, -0.1) is 11.3 Å². The SMILES string of the molecule is CCOC(=O)c1sc2nc(N)sc2c1C. The molecular weight excluding hydrogens is 232 g/mol. The lowest BCUT2D eigenvalue weighted by Gasteiger charge is -1.98. The Morgan fingerprint density at radius 2 is 2.27 bits per heavy atom. The van der Waals surface area contributed by atoms with E-state index in [2.05, 4.69) is 4.98 Å². The number of aromatic nitrogens is 1. The number of anilines is 1. The fourth-order valence-electron chi connectivity index (χ4n) is 1.30. The number of thiazole rings is 1. The van der Waals surface area contributed by atoms with Crippen LogP contribution in [0, 0.1) is 6.92 Å². The Labute approximate surface area is 94.7 Å². The number of ether oxygens (including phenoxy) is 1. The predicted molar refractivity (Wildman–Crippen MR) is 62.6 cm³/mol. The highest BCUT2D eigenvalue weighted by Crippen LogP contribution is 2.35. The third-order valence-corrected chi connectivity index (χ3v) is 4.25. The van der Waals surface area contributed by atoms with E-state index in [1.54, 1.807) is 6.92 Å². The summed E-state index contributed by atoms with van der Waals surface area (Å²) in [7, 11) is 0. The number of carbonyl (C=O) groups excluding carboxylic acids is 1. The second-order valence-corrected chi connectivity index (χ2v) is 4.99. The first-order chi connectivity index (χ1) is 7.13. The zero-order valence-corrected chi connectivity index (χ0v) is 10.00. The fraction of sp³-hybridized carbons (Fsp3) is 0.333. The summed E-state index contributed by atoms with van der Waals surface area (Å²) >= 11 is 2.74. The highest BCUT2D eigenvalue weighted by molar-refractivity contribution is 7.30. The van der Waals surface area contributed by atoms with Crippen molar-refractivity contribution in [3.8, 4) is 0 Å². The van der Waals surface area contributed by atoms with Crippen LogP contribution in [0.25, 0.3) is 9.53 Å². The van der Waals surface area contributed by atoms with Crippen LogP contribution in [-0.4, -0.2) is 17.6 Å². The second kappa shape index (κ2) is 3.79. The van der Waals surface area contributed by atoms with Crippen molar-refractivity contribution in [1.82, 2.24) is 4.98 Å². The van der Waals surface area contributed by atoms with E-state index in [4.69, 9.17) is 10.5 Å². The Bertz CT molecular complexity index is 515. The molecule has 0 amide bonds. The lowest BCUT2D eigenvalue weighted by atomic mass is 10.3. The summed E-state index contributed by atoms with van der Waals surface area (Å²) in [6, 6.07) is 0. The highest BCUT2D eigenvalue weighted by Gasteiger charge is 2.18. The van der Waals surface area contributed by atoms with Gasteiger partial charge in [-0.2, -0.15) is 0 Å². The van der Waals surface area contributed by atoms with E-state index in [1.165, 1.54) is 22.7 Å². The number of carbonyl (C=O) groups is 1. The molecule has 2 rings (SSSR count). The molecule has 0 radical (unpaired) electrons. The van der Waals surface area contributed by atoms with Crippen LogP contribution in [0.5, 0.6) is 0 Å². The third-order valence-electron chi connectivity index (χ3n) is 1.95. The monoisotopic (exact) mass is 242 g/mol. The second-order valence-electron chi connectivity index (χ2n) is 2.96. The van der Waals surface area contributed by atoms with Crippen LogP contribution in [-0.2, 0) is 4.74 Å². The standard InChI is InChI=1S/C9H10N2O2S2/c1-3-13-8(12)6-4(2)5-7(14-6)11-9(10)15-5/h3H2,1-2H3,(H2,10,11). The van der Waals surface area contributed by atoms with Gasteiger partial charge in [0.25, 0.3) is 0 Å². The van der Waals surface area contributed by atoms with E-state index in [9.17, 15) is 4.79 Å². The molecule has 2 heterocycles. The molecule has 15 heavy (non-hydrogen) atoms. The molecule has 2 N–H and O–H groups in total. The van der Waals surface area contributed by atoms with Crippen LogP contribution in [0.4, 0.5) is 5.13 Å². The average molecular weight is 242 g/mol. The first-order valence-corrected chi connectivity index (χ1v) is 6.09. The molecule has 0 saturated heterocycles. The van der Waals surface area contributed by atoms with Crippen molar-refractivity contribution in [1.29, 1.82) is 0 Å². The van der Waals surface area contributed by atoms with Gasteiger partial charge in [-0.3, -0.25) is 0 Å². The maximum absolute atomic E-state index is 11.6. The van der Waals surface area contributed by atoms with Gasteiger partial charge >= 0.3 is 5.97 Å². The lowest BCUT2D eigenvalue weighted by Crippen LogP contribution is -2.03. The Kier molecular flexibility index (Phi) is 2.62. The third kappa shape index (κ3) is 1.70. The van der Waals surface area contributed by atoms with E-state index in [0.717, 1.165) is 15.1 Å². The van der Waals surface area contributed by atoms with Gasteiger partial charge in [0.1, 0.15) is 9.71 Å². The summed E-state index contributed by atoms with van der Waals surface area (Å²) in [4.78, 5) is 17.1. The smallest absolute Gasteiger partial charge is 0.348 e. The summed E-state index contributed by atoms with van der Waals surface area (Å²) in [6.45, 7) is 4.07. The quantitative estimate of drug-likeness (QED) is 0.821. The molecule has 0 aromatic carbocycles. The molecule has 0 saturated carbocycles. The van der Waals surface area contributed by atoms with Gasteiger partial charge in [-0.25, -0.2) is 9.78 Å². The molecule has 80 valence electrons. The normalized spacial score (nSPS) is 10.8. The number of hydrogen-bond acceptors (Lipinski definition) is 6. The molecule has 0 atom stereocenters. The van der Waals surface area contributed by atoms with Crippen LogP contribution in [0.2, 0.25) is 0 Å². The van der Waals surface area contributed by atoms with Gasteiger partial charge in [0.05, 0.1) is 11.3 Å². The number of nitrogen functional groups attached to an aromatic ring is 1. The number of nitrogens with two attached hydrogens (primary N) is 1. The first kappa shape index (κ1) is 10.4.